The summed E-state index contributed by atoms with van der Waals surface area (Å²) in [6.45, 7) is 3.07. The van der Waals surface area contributed by atoms with Crippen molar-refractivity contribution in [3.63, 3.8) is 0 Å². The number of piperidine rings is 1. The van der Waals surface area contributed by atoms with Crippen LogP contribution in [0.15, 0.2) is 30.3 Å². The number of imidazole rings is 1. The maximum atomic E-state index is 15.1. The summed E-state index contributed by atoms with van der Waals surface area (Å²) in [5.41, 5.74) is 10.0. The Balaban J connectivity index is 1.29. The Labute approximate surface area is 271 Å². The molecule has 3 aromatic heterocycles. The zero-order valence-electron chi connectivity index (χ0n) is 27.1. The molecule has 2 amide bonds. The van der Waals surface area contributed by atoms with E-state index in [1.54, 1.807) is 31.3 Å². The highest BCUT2D eigenvalue weighted by atomic mass is 19.3. The van der Waals surface area contributed by atoms with E-state index in [-0.39, 0.29) is 61.1 Å². The van der Waals surface area contributed by atoms with Crippen LogP contribution in [-0.4, -0.2) is 81.2 Å². The molecule has 0 radical (unpaired) electrons. The first-order chi connectivity index (χ1) is 22.5. The average Bonchev–Trinajstić information content (AvgIpc) is 3.60. The summed E-state index contributed by atoms with van der Waals surface area (Å²) in [4.78, 5) is 38.1. The molecule has 250 valence electrons. The van der Waals surface area contributed by atoms with Crippen LogP contribution in [0.1, 0.15) is 61.1 Å². The number of carbonyl (C=O) groups is 2. The lowest BCUT2D eigenvalue weighted by molar-refractivity contribution is -0.123. The number of amides is 2. The SMILES string of the molecule is COc1cc(C(=O)N2CC[C@@H](OC)[C@@H](N)C2)cc2nc(-c3cc4ccc5nc4n3CCCC(F)(F)C[C@@H]3C[C@H]3C(=O)N[C@@H]5C)n(C)c12. The van der Waals surface area contributed by atoms with Crippen LogP contribution in [0.25, 0.3) is 33.6 Å². The van der Waals surface area contributed by atoms with Gasteiger partial charge in [-0.3, -0.25) is 9.59 Å². The van der Waals surface area contributed by atoms with E-state index in [1.807, 2.05) is 41.3 Å². The summed E-state index contributed by atoms with van der Waals surface area (Å²) in [5.74, 6) is -2.81. The number of nitrogens with one attached hydrogen (secondary N) is 1. The Morgan fingerprint density at radius 2 is 1.96 bits per heavy atom. The second kappa shape index (κ2) is 11.9. The maximum Gasteiger partial charge on any atom is 0.254 e. The van der Waals surface area contributed by atoms with Crippen LogP contribution in [0.5, 0.6) is 5.75 Å². The van der Waals surface area contributed by atoms with E-state index in [2.05, 4.69) is 5.32 Å². The van der Waals surface area contributed by atoms with Gasteiger partial charge in [0, 0.05) is 69.5 Å². The number of methoxy groups -OCH3 is 2. The van der Waals surface area contributed by atoms with Gasteiger partial charge in [0.1, 0.15) is 16.9 Å². The number of aryl methyl sites for hydroxylation is 2. The molecule has 13 heteroatoms. The first-order valence-corrected chi connectivity index (χ1v) is 16.3. The Hall–Kier alpha value is -4.10. The molecule has 11 nitrogen and oxygen atoms in total. The largest absolute Gasteiger partial charge is 0.494 e. The number of rotatable bonds is 4. The molecule has 0 spiro atoms. The number of halogens is 2. The quantitative estimate of drug-likeness (QED) is 0.335. The molecule has 1 saturated heterocycles. The Morgan fingerprint density at radius 1 is 1.15 bits per heavy atom. The van der Waals surface area contributed by atoms with Crippen LogP contribution in [0.4, 0.5) is 8.78 Å². The van der Waals surface area contributed by atoms with E-state index in [0.717, 1.165) is 5.39 Å². The van der Waals surface area contributed by atoms with Crippen molar-refractivity contribution in [1.29, 1.82) is 0 Å². The van der Waals surface area contributed by atoms with Crippen molar-refractivity contribution in [1.82, 2.24) is 29.3 Å². The topological polar surface area (TPSA) is 130 Å². The van der Waals surface area contributed by atoms with Crippen molar-refractivity contribution >= 4 is 33.9 Å². The number of hydrogen-bond donors (Lipinski definition) is 2. The molecule has 1 saturated carbocycles. The lowest BCUT2D eigenvalue weighted by atomic mass is 10.0. The van der Waals surface area contributed by atoms with Crippen molar-refractivity contribution < 1.29 is 27.8 Å². The molecule has 4 aromatic rings. The van der Waals surface area contributed by atoms with Gasteiger partial charge in [0.05, 0.1) is 36.2 Å². The number of ether oxygens (including phenoxy) is 2. The van der Waals surface area contributed by atoms with Crippen LogP contribution in [0.3, 0.4) is 0 Å². The van der Waals surface area contributed by atoms with E-state index in [9.17, 15) is 9.59 Å². The molecule has 3 aliphatic rings. The van der Waals surface area contributed by atoms with Crippen LogP contribution in [-0.2, 0) is 23.1 Å². The lowest BCUT2D eigenvalue weighted by Gasteiger charge is -2.36. The fourth-order valence-corrected chi connectivity index (χ4v) is 7.40. The third-order valence-corrected chi connectivity index (χ3v) is 10.1. The van der Waals surface area contributed by atoms with Gasteiger partial charge < -0.3 is 34.6 Å². The smallest absolute Gasteiger partial charge is 0.254 e. The van der Waals surface area contributed by atoms with E-state index in [4.69, 9.17) is 25.2 Å². The number of benzene rings is 1. The van der Waals surface area contributed by atoms with Gasteiger partial charge in [-0.05, 0) is 62.4 Å². The van der Waals surface area contributed by atoms with E-state index in [1.165, 1.54) is 0 Å². The molecule has 3 N–H and O–H groups in total. The highest BCUT2D eigenvalue weighted by Gasteiger charge is 2.48. The normalized spacial score (nSPS) is 26.2. The summed E-state index contributed by atoms with van der Waals surface area (Å²) < 4.78 is 45.2. The second-order valence-electron chi connectivity index (χ2n) is 13.3. The monoisotopic (exact) mass is 649 g/mol. The van der Waals surface area contributed by atoms with Gasteiger partial charge in [-0.2, -0.15) is 0 Å². The summed E-state index contributed by atoms with van der Waals surface area (Å²) in [7, 11) is 5.05. The number of fused-ring (bicyclic) bond motifs is 3. The van der Waals surface area contributed by atoms with Gasteiger partial charge in [0.2, 0.25) is 11.8 Å². The van der Waals surface area contributed by atoms with Crippen LogP contribution in [0.2, 0.25) is 0 Å². The third kappa shape index (κ3) is 5.73. The molecular weight excluding hydrogens is 608 g/mol. The van der Waals surface area contributed by atoms with Crippen molar-refractivity contribution in [2.45, 2.75) is 69.7 Å². The summed E-state index contributed by atoms with van der Waals surface area (Å²) in [6.07, 6.45) is 0.701. The second-order valence-corrected chi connectivity index (χ2v) is 13.3. The first-order valence-electron chi connectivity index (χ1n) is 16.3. The zero-order valence-corrected chi connectivity index (χ0v) is 27.1. The average molecular weight is 650 g/mol. The molecule has 7 rings (SSSR count). The molecule has 1 aromatic carbocycles. The predicted octanol–water partition coefficient (Wildman–Crippen LogP) is 4.42. The molecule has 5 atom stereocenters. The molecular formula is C34H41F2N7O4. The minimum atomic E-state index is -2.87. The number of carbonyl (C=O) groups excluding carboxylic acids is 2. The Morgan fingerprint density at radius 3 is 2.70 bits per heavy atom. The highest BCUT2D eigenvalue weighted by molar-refractivity contribution is 6.00. The number of likely N-dealkylation sites (tertiary alicyclic amines) is 1. The van der Waals surface area contributed by atoms with Crippen LogP contribution >= 0.6 is 0 Å². The Kier molecular flexibility index (Phi) is 7.94. The fourth-order valence-electron chi connectivity index (χ4n) is 7.40. The lowest BCUT2D eigenvalue weighted by Crippen LogP contribution is -2.53. The maximum absolute atomic E-state index is 15.1. The number of pyridine rings is 1. The van der Waals surface area contributed by atoms with E-state index >= 15 is 8.78 Å². The molecule has 2 aliphatic heterocycles. The van der Waals surface area contributed by atoms with Gasteiger partial charge in [0.15, 0.2) is 5.82 Å². The number of nitrogens with two attached hydrogens (primary N) is 1. The molecule has 1 aliphatic carbocycles. The van der Waals surface area contributed by atoms with Gasteiger partial charge in [0.25, 0.3) is 5.91 Å². The summed E-state index contributed by atoms with van der Waals surface area (Å²) >= 11 is 0. The number of hydrogen-bond acceptors (Lipinski definition) is 7. The van der Waals surface area contributed by atoms with E-state index < -0.39 is 5.92 Å². The standard InChI is InChI=1S/C34H41F2N7O4/c1-18-24-7-6-19-14-26(43(30(19)39-24)10-5-9-34(35,36)16-21-12-22(21)32(44)38-18)31-40-25-13-20(15-28(47-4)29(25)41(31)2)33(45)42-11-8-27(46-3)23(37)17-42/h6-7,13-15,18,21-23,27H,5,8-12,16-17,37H2,1-4H3,(H,38,44)/t18-,21+,22-,23+,27-/m1/s1. The summed E-state index contributed by atoms with van der Waals surface area (Å²) in [6, 6.07) is 8.61. The molecule has 2 fully saturated rings. The zero-order chi connectivity index (χ0) is 33.2. The minimum absolute atomic E-state index is 0.0951. The van der Waals surface area contributed by atoms with Crippen LogP contribution < -0.4 is 15.8 Å². The van der Waals surface area contributed by atoms with Crippen molar-refractivity contribution in [2.75, 3.05) is 27.3 Å². The van der Waals surface area contributed by atoms with Gasteiger partial charge in [-0.1, -0.05) is 0 Å². The van der Waals surface area contributed by atoms with Crippen molar-refractivity contribution in [3.8, 4) is 17.3 Å². The highest BCUT2D eigenvalue weighted by Crippen LogP contribution is 2.47. The number of alkyl halides is 2. The van der Waals surface area contributed by atoms with Gasteiger partial charge >= 0.3 is 0 Å². The van der Waals surface area contributed by atoms with Crippen LogP contribution in [0, 0.1) is 11.8 Å². The molecule has 2 bridgehead atoms. The number of nitrogens with zero attached hydrogens (tertiary/aromatic N) is 5. The molecule has 0 unspecified atom stereocenters. The van der Waals surface area contributed by atoms with E-state index in [0.29, 0.717) is 77.7 Å². The van der Waals surface area contributed by atoms with Gasteiger partial charge in [-0.15, -0.1) is 0 Å². The fraction of sp³-hybridized carbons (Fsp3) is 0.529. The summed E-state index contributed by atoms with van der Waals surface area (Å²) in [5, 5.41) is 3.82. The predicted molar refractivity (Wildman–Crippen MR) is 172 cm³/mol. The molecule has 5 heterocycles. The number of aromatic nitrogens is 4. The Bertz CT molecular complexity index is 1870. The van der Waals surface area contributed by atoms with Crippen molar-refractivity contribution in [3.05, 3.63) is 41.6 Å². The minimum Gasteiger partial charge on any atom is -0.494 e. The van der Waals surface area contributed by atoms with Gasteiger partial charge in [-0.25, -0.2) is 18.7 Å². The van der Waals surface area contributed by atoms with Crippen molar-refractivity contribution in [2.24, 2.45) is 24.6 Å². The molecule has 47 heavy (non-hydrogen) atoms. The first kappa shape index (κ1) is 31.5. The third-order valence-electron chi connectivity index (χ3n) is 10.1.